The number of nitrogens with one attached hydrogen (secondary N) is 3. The Morgan fingerprint density at radius 2 is 1.43 bits per heavy atom. The Kier molecular flexibility index (Phi) is 6.68. The van der Waals surface area contributed by atoms with E-state index >= 15 is 0 Å². The minimum Gasteiger partial charge on any atom is -0.322 e. The van der Waals surface area contributed by atoms with Crippen molar-refractivity contribution in [2.45, 2.75) is 6.18 Å². The molecule has 0 saturated carbocycles. The minimum atomic E-state index is -4.63. The van der Waals surface area contributed by atoms with E-state index in [9.17, 15) is 31.5 Å². The van der Waals surface area contributed by atoms with E-state index in [1.807, 2.05) is 0 Å². The Morgan fingerprint density at radius 3 is 2.00 bits per heavy atom. The smallest absolute Gasteiger partial charge is 0.322 e. The van der Waals surface area contributed by atoms with Crippen molar-refractivity contribution in [3.05, 3.63) is 59.7 Å². The van der Waals surface area contributed by atoms with Crippen LogP contribution in [0.2, 0.25) is 0 Å². The molecule has 0 fully saturated rings. The number of amides is 2. The Bertz CT molecular complexity index is 850. The summed E-state index contributed by atoms with van der Waals surface area (Å²) in [7, 11) is 1.44. The number of anilines is 2. The van der Waals surface area contributed by atoms with Gasteiger partial charge in [0.05, 0.1) is 18.3 Å². The first kappa shape index (κ1) is 21.3. The van der Waals surface area contributed by atoms with Crippen LogP contribution in [0, 0.1) is 11.6 Å². The number of alkyl halides is 3. The number of likely N-dealkylation sites (N-methyl/N-ethyl adjacent to an activating group) is 1. The third kappa shape index (κ3) is 5.74. The van der Waals surface area contributed by atoms with Crippen LogP contribution < -0.4 is 15.5 Å². The van der Waals surface area contributed by atoms with Gasteiger partial charge in [0.15, 0.2) is 13.1 Å². The number of quaternary nitrogens is 1. The Hall–Kier alpha value is -3.01. The molecule has 28 heavy (non-hydrogen) atoms. The van der Waals surface area contributed by atoms with Gasteiger partial charge in [-0.15, -0.1) is 0 Å². The molecule has 2 amide bonds. The summed E-state index contributed by atoms with van der Waals surface area (Å²) in [6.45, 7) is -0.665. The largest absolute Gasteiger partial charge is 0.418 e. The van der Waals surface area contributed by atoms with Gasteiger partial charge >= 0.3 is 6.18 Å². The van der Waals surface area contributed by atoms with Crippen LogP contribution >= 0.6 is 0 Å². The van der Waals surface area contributed by atoms with Gasteiger partial charge in [-0.25, -0.2) is 8.78 Å². The van der Waals surface area contributed by atoms with Crippen LogP contribution in [0.25, 0.3) is 0 Å². The second-order valence-corrected chi connectivity index (χ2v) is 6.05. The number of rotatable bonds is 6. The van der Waals surface area contributed by atoms with Crippen LogP contribution in [0.1, 0.15) is 5.56 Å². The molecule has 10 heteroatoms. The lowest BCUT2D eigenvalue weighted by atomic mass is 10.1. The molecular formula is C18H17F5N3O2+. The van der Waals surface area contributed by atoms with Gasteiger partial charge in [-0.2, -0.15) is 13.2 Å². The Morgan fingerprint density at radius 1 is 0.893 bits per heavy atom. The van der Waals surface area contributed by atoms with E-state index < -0.39 is 46.6 Å². The lowest BCUT2D eigenvalue weighted by Crippen LogP contribution is -3.11. The van der Waals surface area contributed by atoms with Crippen molar-refractivity contribution in [3.63, 3.8) is 0 Å². The predicted octanol–water partition coefficient (Wildman–Crippen LogP) is 2.08. The molecule has 5 nitrogen and oxygen atoms in total. The maximum atomic E-state index is 13.5. The zero-order chi connectivity index (χ0) is 20.9. The van der Waals surface area contributed by atoms with Gasteiger partial charge in [-0.1, -0.05) is 18.2 Å². The quantitative estimate of drug-likeness (QED) is 0.648. The summed E-state index contributed by atoms with van der Waals surface area (Å²) in [4.78, 5) is 24.2. The second kappa shape index (κ2) is 8.79. The number of benzene rings is 2. The summed E-state index contributed by atoms with van der Waals surface area (Å²) >= 11 is 0. The highest BCUT2D eigenvalue weighted by Gasteiger charge is 2.33. The first-order chi connectivity index (χ1) is 13.1. The summed E-state index contributed by atoms with van der Waals surface area (Å²) in [5, 5.41) is 4.23. The van der Waals surface area contributed by atoms with E-state index in [1.54, 1.807) is 0 Å². The maximum Gasteiger partial charge on any atom is 0.418 e. The number of carbonyl (C=O) groups is 2. The van der Waals surface area contributed by atoms with E-state index in [0.29, 0.717) is 4.90 Å². The van der Waals surface area contributed by atoms with E-state index in [0.717, 1.165) is 30.3 Å². The van der Waals surface area contributed by atoms with Crippen LogP contribution in [-0.2, 0) is 15.8 Å². The van der Waals surface area contributed by atoms with Crippen molar-refractivity contribution < 1.29 is 36.4 Å². The van der Waals surface area contributed by atoms with Crippen LogP contribution in [-0.4, -0.2) is 32.0 Å². The molecule has 0 aliphatic carbocycles. The highest BCUT2D eigenvalue weighted by atomic mass is 19.4. The molecule has 2 aromatic carbocycles. The van der Waals surface area contributed by atoms with E-state index in [-0.39, 0.29) is 13.1 Å². The zero-order valence-corrected chi connectivity index (χ0v) is 14.7. The summed E-state index contributed by atoms with van der Waals surface area (Å²) in [6.07, 6.45) is -4.63. The molecule has 0 spiro atoms. The molecule has 1 unspecified atom stereocenters. The van der Waals surface area contributed by atoms with Crippen molar-refractivity contribution >= 4 is 23.2 Å². The van der Waals surface area contributed by atoms with E-state index in [2.05, 4.69) is 10.6 Å². The van der Waals surface area contributed by atoms with Gasteiger partial charge in [0.2, 0.25) is 0 Å². The number of hydrogen-bond donors (Lipinski definition) is 3. The standard InChI is InChI=1S/C18H16F5N3O2/c1-26(10-16(28)25-17-12(19)6-4-7-13(17)20)9-15(27)24-14-8-3-2-5-11(14)18(21,22)23/h2-8H,9-10H2,1H3,(H,24,27)(H,25,28)/p+1. The topological polar surface area (TPSA) is 62.6 Å². The fourth-order valence-electron chi connectivity index (χ4n) is 2.45. The lowest BCUT2D eigenvalue weighted by molar-refractivity contribution is -0.862. The Balaban J connectivity index is 1.94. The first-order valence-corrected chi connectivity index (χ1v) is 8.09. The molecule has 0 bridgehead atoms. The summed E-state index contributed by atoms with van der Waals surface area (Å²) in [5.41, 5.74) is -2.00. The number of carbonyl (C=O) groups excluding carboxylic acids is 2. The van der Waals surface area contributed by atoms with Crippen LogP contribution in [0.4, 0.5) is 33.3 Å². The fourth-order valence-corrected chi connectivity index (χ4v) is 2.45. The van der Waals surface area contributed by atoms with Crippen LogP contribution in [0.5, 0.6) is 0 Å². The zero-order valence-electron chi connectivity index (χ0n) is 14.7. The molecule has 0 aliphatic rings. The highest BCUT2D eigenvalue weighted by Crippen LogP contribution is 2.34. The van der Waals surface area contributed by atoms with Gasteiger partial charge in [0.1, 0.15) is 17.3 Å². The molecule has 0 heterocycles. The summed E-state index contributed by atoms with van der Waals surface area (Å²) in [6, 6.07) is 7.58. The van der Waals surface area contributed by atoms with Crippen molar-refractivity contribution in [1.82, 2.24) is 0 Å². The lowest BCUT2D eigenvalue weighted by Gasteiger charge is -2.16. The molecule has 150 valence electrons. The highest BCUT2D eigenvalue weighted by molar-refractivity contribution is 5.93. The first-order valence-electron chi connectivity index (χ1n) is 8.09. The van der Waals surface area contributed by atoms with Crippen molar-refractivity contribution in [1.29, 1.82) is 0 Å². The van der Waals surface area contributed by atoms with Crippen molar-refractivity contribution in [2.75, 3.05) is 30.8 Å². The van der Waals surface area contributed by atoms with E-state index in [4.69, 9.17) is 0 Å². The SMILES string of the molecule is C[NH+](CC(=O)Nc1ccccc1C(F)(F)F)CC(=O)Nc1c(F)cccc1F. The molecular weight excluding hydrogens is 385 g/mol. The molecule has 0 aliphatic heterocycles. The van der Waals surface area contributed by atoms with Gasteiger partial charge in [-0.3, -0.25) is 9.59 Å². The maximum absolute atomic E-state index is 13.5. The average Bonchev–Trinajstić information content (AvgIpc) is 2.57. The summed E-state index contributed by atoms with van der Waals surface area (Å²) < 4.78 is 65.8. The van der Waals surface area contributed by atoms with Crippen LogP contribution in [0.15, 0.2) is 42.5 Å². The van der Waals surface area contributed by atoms with Gasteiger partial charge < -0.3 is 15.5 Å². The number of hydrogen-bond acceptors (Lipinski definition) is 2. The molecule has 2 aromatic rings. The second-order valence-electron chi connectivity index (χ2n) is 6.05. The molecule has 2 rings (SSSR count). The molecule has 0 saturated heterocycles. The van der Waals surface area contributed by atoms with Crippen LogP contribution in [0.3, 0.4) is 0 Å². The monoisotopic (exact) mass is 402 g/mol. The summed E-state index contributed by atoms with van der Waals surface area (Å²) in [5.74, 6) is -3.41. The average molecular weight is 402 g/mol. The third-order valence-corrected chi connectivity index (χ3v) is 3.66. The number of halogens is 5. The molecule has 0 radical (unpaired) electrons. The molecule has 1 atom stereocenters. The molecule has 3 N–H and O–H groups in total. The van der Waals surface area contributed by atoms with Gasteiger partial charge in [-0.05, 0) is 24.3 Å². The predicted molar refractivity (Wildman–Crippen MR) is 91.7 cm³/mol. The van der Waals surface area contributed by atoms with Crippen molar-refractivity contribution in [2.24, 2.45) is 0 Å². The third-order valence-electron chi connectivity index (χ3n) is 3.66. The number of para-hydroxylation sites is 2. The Labute approximate surface area is 157 Å². The molecule has 0 aromatic heterocycles. The fraction of sp³-hybridized carbons (Fsp3) is 0.222. The minimum absolute atomic E-state index is 0.302. The van der Waals surface area contributed by atoms with Crippen molar-refractivity contribution in [3.8, 4) is 0 Å². The van der Waals surface area contributed by atoms with E-state index in [1.165, 1.54) is 19.2 Å². The normalized spacial score (nSPS) is 12.4. The van der Waals surface area contributed by atoms with Gasteiger partial charge in [0.25, 0.3) is 11.8 Å². The van der Waals surface area contributed by atoms with Gasteiger partial charge in [0, 0.05) is 0 Å².